The van der Waals surface area contributed by atoms with Crippen LogP contribution in [0.3, 0.4) is 0 Å². The second kappa shape index (κ2) is 15.4. The molecule has 0 radical (unpaired) electrons. The molecule has 212 valence electrons. The summed E-state index contributed by atoms with van der Waals surface area (Å²) in [6.45, 7) is 9.82. The van der Waals surface area contributed by atoms with Gasteiger partial charge in [0, 0.05) is 30.6 Å². The number of nitrogens with two attached hydrogens (primary N) is 2. The Labute approximate surface area is 230 Å². The van der Waals surface area contributed by atoms with Crippen molar-refractivity contribution in [1.82, 2.24) is 4.90 Å². The van der Waals surface area contributed by atoms with E-state index in [1.807, 2.05) is 27.7 Å². The van der Waals surface area contributed by atoms with Gasteiger partial charge in [0.05, 0.1) is 18.8 Å². The summed E-state index contributed by atoms with van der Waals surface area (Å²) in [7, 11) is 0. The molecule has 0 aliphatic carbocycles. The maximum Gasteiger partial charge on any atom is 0.258 e. The van der Waals surface area contributed by atoms with Crippen molar-refractivity contribution in [2.75, 3.05) is 19.8 Å². The zero-order valence-electron chi connectivity index (χ0n) is 23.4. The first-order valence-electron chi connectivity index (χ1n) is 13.1. The highest BCUT2D eigenvalue weighted by Crippen LogP contribution is 2.28. The van der Waals surface area contributed by atoms with E-state index in [9.17, 15) is 14.4 Å². The van der Waals surface area contributed by atoms with Crippen LogP contribution in [-0.2, 0) is 9.59 Å². The van der Waals surface area contributed by atoms with Crippen LogP contribution in [0.5, 0.6) is 17.2 Å². The van der Waals surface area contributed by atoms with Crippen molar-refractivity contribution in [2.45, 2.75) is 66.0 Å². The van der Waals surface area contributed by atoms with E-state index in [1.54, 1.807) is 47.4 Å². The van der Waals surface area contributed by atoms with Crippen molar-refractivity contribution < 1.29 is 28.6 Å². The molecule has 0 aromatic heterocycles. The van der Waals surface area contributed by atoms with Crippen molar-refractivity contribution in [2.24, 2.45) is 16.5 Å². The van der Waals surface area contributed by atoms with Gasteiger partial charge in [0.2, 0.25) is 5.91 Å². The summed E-state index contributed by atoms with van der Waals surface area (Å²) < 4.78 is 17.2. The first kappa shape index (κ1) is 31.1. The fourth-order valence-corrected chi connectivity index (χ4v) is 3.96. The number of carbonyl (C=O) groups excluding carboxylic acids is 3. The molecule has 0 saturated carbocycles. The van der Waals surface area contributed by atoms with E-state index < -0.39 is 5.91 Å². The normalized spacial score (nSPS) is 11.4. The van der Waals surface area contributed by atoms with E-state index in [2.05, 4.69) is 4.99 Å². The minimum Gasteiger partial charge on any atom is -0.494 e. The molecule has 0 unspecified atom stereocenters. The molecule has 0 aliphatic heterocycles. The molecule has 2 aromatic rings. The van der Waals surface area contributed by atoms with Crippen molar-refractivity contribution in [1.29, 1.82) is 0 Å². The highest BCUT2D eigenvalue weighted by Gasteiger charge is 2.25. The lowest BCUT2D eigenvalue weighted by Gasteiger charge is -2.31. The molecule has 0 bridgehead atoms. The van der Waals surface area contributed by atoms with Crippen LogP contribution in [0.4, 0.5) is 0 Å². The van der Waals surface area contributed by atoms with Gasteiger partial charge in [-0.3, -0.25) is 14.4 Å². The number of aliphatic imine (C=N–C) groups is 1. The number of rotatable bonds is 15. The number of hydrogen-bond acceptors (Lipinski definition) is 6. The highest BCUT2D eigenvalue weighted by molar-refractivity contribution is 6.03. The maximum absolute atomic E-state index is 13.2. The molecular formula is C29H40N4O6. The van der Waals surface area contributed by atoms with Crippen LogP contribution in [-0.4, -0.2) is 60.4 Å². The largest absolute Gasteiger partial charge is 0.494 e. The predicted octanol–water partition coefficient (Wildman–Crippen LogP) is 3.69. The van der Waals surface area contributed by atoms with E-state index in [0.29, 0.717) is 35.8 Å². The Morgan fingerprint density at radius 2 is 1.38 bits per heavy atom. The third-order valence-electron chi connectivity index (χ3n) is 5.65. The molecule has 2 aromatic carbocycles. The minimum absolute atomic E-state index is 0.00764. The summed E-state index contributed by atoms with van der Waals surface area (Å²) in [6, 6.07) is 12.1. The number of ether oxygens (including phenoxy) is 3. The number of benzene rings is 2. The van der Waals surface area contributed by atoms with Gasteiger partial charge >= 0.3 is 0 Å². The van der Waals surface area contributed by atoms with Gasteiger partial charge in [-0.25, -0.2) is 0 Å². The molecule has 0 aliphatic rings. The zero-order valence-corrected chi connectivity index (χ0v) is 23.4. The summed E-state index contributed by atoms with van der Waals surface area (Å²) in [5.74, 6) is 0.515. The molecule has 10 nitrogen and oxygen atoms in total. The lowest BCUT2D eigenvalue weighted by atomic mass is 10.1. The molecule has 10 heteroatoms. The number of primary amides is 1. The summed E-state index contributed by atoms with van der Waals surface area (Å²) in [4.78, 5) is 41.0. The number of hydrogen-bond donors (Lipinski definition) is 2. The molecule has 2 rings (SSSR count). The standard InChI is InChI=1S/C29H40N4O6/c1-19(2)33(20(3)4)29(36)25-14-13-24(17-26(25)39-18-27(30)35)38-16-8-6-7-15-37-23-11-9-22(10-12-23)28(31)32-21(5)34/h9-14,17,19-20H,6-8,15-16,18H2,1-5H3,(H2,30,35)(H2,31,32,34). The molecule has 0 heterocycles. The van der Waals surface area contributed by atoms with Gasteiger partial charge in [-0.15, -0.1) is 0 Å². The first-order chi connectivity index (χ1) is 18.5. The third kappa shape index (κ3) is 10.3. The maximum atomic E-state index is 13.2. The van der Waals surface area contributed by atoms with Crippen LogP contribution in [0.1, 0.15) is 69.8 Å². The molecule has 4 N–H and O–H groups in total. The van der Waals surface area contributed by atoms with Crippen molar-refractivity contribution in [3.05, 3.63) is 53.6 Å². The average molecular weight is 541 g/mol. The van der Waals surface area contributed by atoms with Gasteiger partial charge in [0.15, 0.2) is 6.61 Å². The molecule has 0 fully saturated rings. The second-order valence-electron chi connectivity index (χ2n) is 9.61. The summed E-state index contributed by atoms with van der Waals surface area (Å²) in [5.41, 5.74) is 12.0. The van der Waals surface area contributed by atoms with Crippen LogP contribution in [0.25, 0.3) is 0 Å². The Hall–Kier alpha value is -4.08. The van der Waals surface area contributed by atoms with Crippen molar-refractivity contribution in [3.63, 3.8) is 0 Å². The topological polar surface area (TPSA) is 147 Å². The summed E-state index contributed by atoms with van der Waals surface area (Å²) >= 11 is 0. The van der Waals surface area contributed by atoms with E-state index in [4.69, 9.17) is 25.7 Å². The quantitative estimate of drug-likeness (QED) is 0.199. The molecule has 3 amide bonds. The summed E-state index contributed by atoms with van der Waals surface area (Å²) in [5, 5.41) is 0. The average Bonchev–Trinajstić information content (AvgIpc) is 2.86. The molecule has 0 spiro atoms. The van der Waals surface area contributed by atoms with E-state index in [1.165, 1.54) is 6.92 Å². The van der Waals surface area contributed by atoms with Crippen molar-refractivity contribution in [3.8, 4) is 17.2 Å². The van der Waals surface area contributed by atoms with E-state index >= 15 is 0 Å². The third-order valence-corrected chi connectivity index (χ3v) is 5.65. The van der Waals surface area contributed by atoms with E-state index in [0.717, 1.165) is 19.3 Å². The lowest BCUT2D eigenvalue weighted by Crippen LogP contribution is -2.42. The van der Waals surface area contributed by atoms with Gasteiger partial charge in [-0.2, -0.15) is 4.99 Å². The van der Waals surface area contributed by atoms with Crippen LogP contribution < -0.4 is 25.7 Å². The lowest BCUT2D eigenvalue weighted by molar-refractivity contribution is -0.120. The Balaban J connectivity index is 1.86. The Kier molecular flexibility index (Phi) is 12.3. The van der Waals surface area contributed by atoms with Gasteiger partial charge in [-0.05, 0) is 83.4 Å². The molecule has 0 atom stereocenters. The van der Waals surface area contributed by atoms with Gasteiger partial charge < -0.3 is 30.6 Å². The monoisotopic (exact) mass is 540 g/mol. The number of amidine groups is 1. The second-order valence-corrected chi connectivity index (χ2v) is 9.61. The molecule has 0 saturated heterocycles. The minimum atomic E-state index is -0.631. The summed E-state index contributed by atoms with van der Waals surface area (Å²) in [6.07, 6.45) is 2.52. The van der Waals surface area contributed by atoms with Crippen LogP contribution >= 0.6 is 0 Å². The number of amides is 3. The smallest absolute Gasteiger partial charge is 0.258 e. The SMILES string of the molecule is CC(=O)/N=C(\N)c1ccc(OCCCCCOc2ccc(C(=O)N(C(C)C)C(C)C)c(OCC(N)=O)c2)cc1. The van der Waals surface area contributed by atoms with Crippen LogP contribution in [0.2, 0.25) is 0 Å². The van der Waals surface area contributed by atoms with Gasteiger partial charge in [0.25, 0.3) is 11.8 Å². The Morgan fingerprint density at radius 1 is 0.821 bits per heavy atom. The number of unbranched alkanes of at least 4 members (excludes halogenated alkanes) is 2. The van der Waals surface area contributed by atoms with Crippen molar-refractivity contribution >= 4 is 23.6 Å². The molecule has 39 heavy (non-hydrogen) atoms. The van der Waals surface area contributed by atoms with E-state index in [-0.39, 0.29) is 42.1 Å². The van der Waals surface area contributed by atoms with Crippen LogP contribution in [0, 0.1) is 0 Å². The van der Waals surface area contributed by atoms with Gasteiger partial charge in [-0.1, -0.05) is 0 Å². The first-order valence-corrected chi connectivity index (χ1v) is 13.1. The fourth-order valence-electron chi connectivity index (χ4n) is 3.96. The Morgan fingerprint density at radius 3 is 1.92 bits per heavy atom. The molecular weight excluding hydrogens is 500 g/mol. The zero-order chi connectivity index (χ0) is 28.9. The number of nitrogens with zero attached hydrogens (tertiary/aromatic N) is 2. The predicted molar refractivity (Wildman–Crippen MR) is 150 cm³/mol. The Bertz CT molecular complexity index is 1140. The fraction of sp³-hybridized carbons (Fsp3) is 0.448. The number of carbonyl (C=O) groups is 3. The highest BCUT2D eigenvalue weighted by atomic mass is 16.5. The van der Waals surface area contributed by atoms with Gasteiger partial charge in [0.1, 0.15) is 23.1 Å². The van der Waals surface area contributed by atoms with Crippen LogP contribution in [0.15, 0.2) is 47.5 Å².